The van der Waals surface area contributed by atoms with E-state index in [2.05, 4.69) is 4.98 Å². The van der Waals surface area contributed by atoms with Crippen LogP contribution < -0.4 is 5.73 Å². The Balaban J connectivity index is 3.15. The highest BCUT2D eigenvalue weighted by Crippen LogP contribution is 2.25. The van der Waals surface area contributed by atoms with E-state index in [0.29, 0.717) is 10.3 Å². The first-order valence-electron chi connectivity index (χ1n) is 4.08. The summed E-state index contributed by atoms with van der Waals surface area (Å²) in [5, 5.41) is 0.764. The highest BCUT2D eigenvalue weighted by Gasteiger charge is 2.19. The Labute approximate surface area is 88.1 Å². The predicted molar refractivity (Wildman–Crippen MR) is 56.1 cm³/mol. The summed E-state index contributed by atoms with van der Waals surface area (Å²) < 4.78 is 0. The lowest BCUT2D eigenvalue weighted by Crippen LogP contribution is -2.31. The molecule has 1 atom stereocenters. The summed E-state index contributed by atoms with van der Waals surface area (Å²) in [6.07, 6.45) is 0.823. The van der Waals surface area contributed by atoms with Gasteiger partial charge in [-0.2, -0.15) is 0 Å². The fourth-order valence-corrected chi connectivity index (χ4v) is 1.46. The fraction of sp³-hybridized carbons (Fsp3) is 0.444. The normalized spacial score (nSPS) is 15.5. The van der Waals surface area contributed by atoms with Crippen LogP contribution in [0.15, 0.2) is 12.1 Å². The average molecular weight is 219 g/mol. The zero-order valence-electron chi connectivity index (χ0n) is 7.64. The molecule has 1 unspecified atom stereocenters. The van der Waals surface area contributed by atoms with Gasteiger partial charge in [-0.05, 0) is 31.0 Å². The molecule has 0 amide bonds. The molecule has 0 fully saturated rings. The minimum atomic E-state index is -0.393. The van der Waals surface area contributed by atoms with Gasteiger partial charge in [-0.1, -0.05) is 30.1 Å². The number of hydrogen-bond donors (Lipinski definition) is 1. The number of pyridine rings is 1. The minimum absolute atomic E-state index is 0.382. The van der Waals surface area contributed by atoms with Gasteiger partial charge in [-0.25, -0.2) is 4.98 Å². The lowest BCUT2D eigenvalue weighted by molar-refractivity contribution is 0.476. The molecule has 1 aromatic heterocycles. The number of aromatic nitrogens is 1. The maximum Gasteiger partial charge on any atom is 0.131 e. The summed E-state index contributed by atoms with van der Waals surface area (Å²) in [7, 11) is 0. The van der Waals surface area contributed by atoms with Crippen molar-refractivity contribution in [2.75, 3.05) is 0 Å². The molecule has 0 aliphatic rings. The van der Waals surface area contributed by atoms with E-state index >= 15 is 0 Å². The van der Waals surface area contributed by atoms with Crippen LogP contribution in [0.1, 0.15) is 25.8 Å². The molecule has 2 N–H and O–H groups in total. The summed E-state index contributed by atoms with van der Waals surface area (Å²) in [5.74, 6) is 0. The number of halogens is 2. The first kappa shape index (κ1) is 10.8. The van der Waals surface area contributed by atoms with Gasteiger partial charge in [-0.3, -0.25) is 0 Å². The Kier molecular flexibility index (Phi) is 3.17. The van der Waals surface area contributed by atoms with Gasteiger partial charge < -0.3 is 5.73 Å². The quantitative estimate of drug-likeness (QED) is 0.776. The van der Waals surface area contributed by atoms with Crippen LogP contribution in [0.2, 0.25) is 10.3 Å². The van der Waals surface area contributed by atoms with Crippen LogP contribution in [0.5, 0.6) is 0 Å². The molecule has 0 saturated carbocycles. The molecule has 4 heteroatoms. The van der Waals surface area contributed by atoms with Crippen molar-refractivity contribution in [1.82, 2.24) is 4.98 Å². The summed E-state index contributed by atoms with van der Waals surface area (Å²) in [5.41, 5.74) is 6.55. The maximum atomic E-state index is 6.03. The average Bonchev–Trinajstić information content (AvgIpc) is 2.02. The van der Waals surface area contributed by atoms with Crippen LogP contribution in [0.4, 0.5) is 0 Å². The van der Waals surface area contributed by atoms with E-state index in [1.165, 1.54) is 0 Å². The van der Waals surface area contributed by atoms with Crippen molar-refractivity contribution in [2.45, 2.75) is 25.8 Å². The zero-order chi connectivity index (χ0) is 10.1. The molecule has 0 aliphatic heterocycles. The molecular formula is C9H12Cl2N2. The van der Waals surface area contributed by atoms with Gasteiger partial charge in [-0.15, -0.1) is 0 Å². The summed E-state index contributed by atoms with van der Waals surface area (Å²) in [4.78, 5) is 3.86. The van der Waals surface area contributed by atoms with E-state index in [-0.39, 0.29) is 0 Å². The van der Waals surface area contributed by atoms with Gasteiger partial charge in [0.15, 0.2) is 0 Å². The highest BCUT2D eigenvalue weighted by molar-refractivity contribution is 6.32. The van der Waals surface area contributed by atoms with Crippen LogP contribution in [0.3, 0.4) is 0 Å². The second-order valence-electron chi connectivity index (χ2n) is 3.27. The van der Waals surface area contributed by atoms with Crippen molar-refractivity contribution >= 4 is 23.2 Å². The second-order valence-corrected chi connectivity index (χ2v) is 4.05. The van der Waals surface area contributed by atoms with Gasteiger partial charge in [0.2, 0.25) is 0 Å². The van der Waals surface area contributed by atoms with Crippen molar-refractivity contribution in [3.05, 3.63) is 28.0 Å². The molecule has 0 bridgehead atoms. The summed E-state index contributed by atoms with van der Waals surface area (Å²) in [6.45, 7) is 3.96. The predicted octanol–water partition coefficient (Wildman–Crippen LogP) is 2.97. The molecular weight excluding hydrogens is 207 g/mol. The Morgan fingerprint density at radius 2 is 1.85 bits per heavy atom. The van der Waals surface area contributed by atoms with Crippen LogP contribution >= 0.6 is 23.2 Å². The number of rotatable bonds is 2. The first-order chi connectivity index (χ1) is 5.95. The highest BCUT2D eigenvalue weighted by atomic mass is 35.5. The van der Waals surface area contributed by atoms with Gasteiger partial charge in [0, 0.05) is 5.54 Å². The smallest absolute Gasteiger partial charge is 0.131 e. The SMILES string of the molecule is CCC(C)(N)c1cc(Cl)nc(Cl)c1. The molecule has 13 heavy (non-hydrogen) atoms. The van der Waals surface area contributed by atoms with E-state index in [0.717, 1.165) is 12.0 Å². The van der Waals surface area contributed by atoms with Gasteiger partial charge in [0.1, 0.15) is 10.3 Å². The van der Waals surface area contributed by atoms with Gasteiger partial charge in [0.25, 0.3) is 0 Å². The fourth-order valence-electron chi connectivity index (χ4n) is 0.999. The standard InChI is InChI=1S/C9H12Cl2N2/c1-3-9(2,12)6-4-7(10)13-8(11)5-6/h4-5H,3,12H2,1-2H3. The minimum Gasteiger partial charge on any atom is -0.322 e. The van der Waals surface area contributed by atoms with Gasteiger partial charge >= 0.3 is 0 Å². The van der Waals surface area contributed by atoms with Crippen molar-refractivity contribution in [3.8, 4) is 0 Å². The molecule has 72 valence electrons. The maximum absolute atomic E-state index is 6.03. The third-order valence-corrected chi connectivity index (χ3v) is 2.54. The Morgan fingerprint density at radius 3 is 2.23 bits per heavy atom. The van der Waals surface area contributed by atoms with E-state index < -0.39 is 5.54 Å². The van der Waals surface area contributed by atoms with E-state index in [1.54, 1.807) is 12.1 Å². The second kappa shape index (κ2) is 3.82. The van der Waals surface area contributed by atoms with E-state index in [4.69, 9.17) is 28.9 Å². The third kappa shape index (κ3) is 2.56. The molecule has 0 spiro atoms. The van der Waals surface area contributed by atoms with Gasteiger partial charge in [0.05, 0.1) is 0 Å². The zero-order valence-corrected chi connectivity index (χ0v) is 9.15. The molecule has 0 aliphatic carbocycles. The number of nitrogens with zero attached hydrogens (tertiary/aromatic N) is 1. The summed E-state index contributed by atoms with van der Waals surface area (Å²) in [6, 6.07) is 3.49. The van der Waals surface area contributed by atoms with Crippen LogP contribution in [0.25, 0.3) is 0 Å². The largest absolute Gasteiger partial charge is 0.322 e. The lowest BCUT2D eigenvalue weighted by atomic mass is 9.92. The Hall–Kier alpha value is -0.310. The van der Waals surface area contributed by atoms with Crippen LogP contribution in [0, 0.1) is 0 Å². The summed E-state index contributed by atoms with van der Waals surface area (Å²) >= 11 is 11.5. The third-order valence-electron chi connectivity index (χ3n) is 2.16. The molecule has 1 heterocycles. The topological polar surface area (TPSA) is 38.9 Å². The lowest BCUT2D eigenvalue weighted by Gasteiger charge is -2.23. The van der Waals surface area contributed by atoms with E-state index in [1.807, 2.05) is 13.8 Å². The molecule has 2 nitrogen and oxygen atoms in total. The van der Waals surface area contributed by atoms with Crippen LogP contribution in [-0.2, 0) is 5.54 Å². The monoisotopic (exact) mass is 218 g/mol. The number of nitrogens with two attached hydrogens (primary N) is 1. The molecule has 0 saturated heterocycles. The first-order valence-corrected chi connectivity index (χ1v) is 4.84. The van der Waals surface area contributed by atoms with Crippen LogP contribution in [-0.4, -0.2) is 4.98 Å². The molecule has 1 aromatic rings. The molecule has 0 aromatic carbocycles. The molecule has 1 rings (SSSR count). The van der Waals surface area contributed by atoms with Crippen molar-refractivity contribution in [1.29, 1.82) is 0 Å². The Morgan fingerprint density at radius 1 is 1.38 bits per heavy atom. The number of hydrogen-bond acceptors (Lipinski definition) is 2. The van der Waals surface area contributed by atoms with Crippen molar-refractivity contribution in [2.24, 2.45) is 5.73 Å². The molecule has 0 radical (unpaired) electrons. The Bertz CT molecular complexity index is 290. The van der Waals surface area contributed by atoms with E-state index in [9.17, 15) is 0 Å². The van der Waals surface area contributed by atoms with Crippen molar-refractivity contribution < 1.29 is 0 Å². The van der Waals surface area contributed by atoms with Crippen molar-refractivity contribution in [3.63, 3.8) is 0 Å².